The van der Waals surface area contributed by atoms with E-state index < -0.39 is 12.8 Å². The summed E-state index contributed by atoms with van der Waals surface area (Å²) in [6, 6.07) is 0. The molecule has 1 rings (SSSR count). The number of halogens is 4. The van der Waals surface area contributed by atoms with E-state index in [4.69, 9.17) is 0 Å². The minimum Gasteiger partial charge on any atom is -0.372 e. The number of aromatic nitrogens is 2. The molecule has 0 atom stereocenters. The highest BCUT2D eigenvalue weighted by molar-refractivity contribution is 14.1. The fraction of sp³-hybridized carbons (Fsp3) is 0.667. The zero-order valence-corrected chi connectivity index (χ0v) is 13.5. The summed E-state index contributed by atoms with van der Waals surface area (Å²) in [6.45, 7) is 3.37. The molecule has 4 nitrogen and oxygen atoms in total. The molecule has 1 heterocycles. The highest BCUT2D eigenvalue weighted by Gasteiger charge is 2.27. The van der Waals surface area contributed by atoms with Gasteiger partial charge >= 0.3 is 6.18 Å². The van der Waals surface area contributed by atoms with E-state index in [0.717, 1.165) is 28.0 Å². The van der Waals surface area contributed by atoms with Gasteiger partial charge in [-0.05, 0) is 35.9 Å². The Morgan fingerprint density at radius 2 is 1.95 bits per heavy atom. The van der Waals surface area contributed by atoms with Crippen molar-refractivity contribution in [1.82, 2.24) is 9.97 Å². The molecule has 20 heavy (non-hydrogen) atoms. The maximum atomic E-state index is 12.0. The summed E-state index contributed by atoms with van der Waals surface area (Å²) < 4.78 is 41.4. The molecule has 0 fully saturated rings. The molecular weight excluding hydrogens is 386 g/mol. The molecule has 0 aliphatic rings. The lowest BCUT2D eigenvalue weighted by atomic mass is 10.3. The first-order valence-electron chi connectivity index (χ1n) is 6.31. The van der Waals surface area contributed by atoms with E-state index in [1.807, 2.05) is 13.8 Å². The third-order valence-electron chi connectivity index (χ3n) is 2.38. The van der Waals surface area contributed by atoms with E-state index in [9.17, 15) is 13.2 Å². The predicted octanol–water partition coefficient (Wildman–Crippen LogP) is 3.20. The Hall–Kier alpha value is -0.640. The van der Waals surface area contributed by atoms with Crippen LogP contribution in [0.25, 0.3) is 0 Å². The van der Waals surface area contributed by atoms with Crippen molar-refractivity contribution in [3.8, 4) is 0 Å². The first kappa shape index (κ1) is 17.4. The van der Waals surface area contributed by atoms with Gasteiger partial charge in [0.15, 0.2) is 0 Å². The predicted molar refractivity (Wildman–Crippen MR) is 78.9 cm³/mol. The topological polar surface area (TPSA) is 47.0 Å². The average Bonchev–Trinajstić information content (AvgIpc) is 2.37. The van der Waals surface area contributed by atoms with Crippen LogP contribution in [0.15, 0.2) is 0 Å². The van der Waals surface area contributed by atoms with E-state index >= 15 is 0 Å². The molecule has 1 N–H and O–H groups in total. The summed E-state index contributed by atoms with van der Waals surface area (Å²) in [5, 5.41) is 3.13. The normalized spacial score (nSPS) is 11.7. The standard InChI is InChI=1S/C12H17F3IN3O/c1-3-8-10(16)11(17-4-2)19-9(18-8)5-6-20-7-12(13,14)15/h3-7H2,1-2H3,(H,17,18,19). The molecule has 0 saturated heterocycles. The zero-order valence-electron chi connectivity index (χ0n) is 11.4. The Bertz CT molecular complexity index is 441. The summed E-state index contributed by atoms with van der Waals surface area (Å²) >= 11 is 2.17. The third kappa shape index (κ3) is 5.78. The maximum absolute atomic E-state index is 12.0. The molecule has 8 heteroatoms. The van der Waals surface area contributed by atoms with Gasteiger partial charge in [-0.3, -0.25) is 0 Å². The lowest BCUT2D eigenvalue weighted by Gasteiger charge is -2.12. The third-order valence-corrected chi connectivity index (χ3v) is 3.51. The first-order valence-corrected chi connectivity index (χ1v) is 7.38. The van der Waals surface area contributed by atoms with E-state index in [1.54, 1.807) is 0 Å². The van der Waals surface area contributed by atoms with E-state index in [0.29, 0.717) is 5.82 Å². The van der Waals surface area contributed by atoms with Crippen LogP contribution in [0.3, 0.4) is 0 Å². The van der Waals surface area contributed by atoms with Gasteiger partial charge in [-0.2, -0.15) is 13.2 Å². The van der Waals surface area contributed by atoms with Crippen molar-refractivity contribution in [3.05, 3.63) is 15.1 Å². The Balaban J connectivity index is 2.67. The lowest BCUT2D eigenvalue weighted by Crippen LogP contribution is -2.18. The van der Waals surface area contributed by atoms with Gasteiger partial charge in [0.05, 0.1) is 15.9 Å². The van der Waals surface area contributed by atoms with Crippen molar-refractivity contribution in [2.75, 3.05) is 25.1 Å². The molecule has 1 aromatic rings. The van der Waals surface area contributed by atoms with E-state index in [2.05, 4.69) is 42.6 Å². The number of aryl methyl sites for hydroxylation is 1. The van der Waals surface area contributed by atoms with Gasteiger partial charge in [0.1, 0.15) is 18.2 Å². The fourth-order valence-corrected chi connectivity index (χ4v) is 2.34. The first-order chi connectivity index (χ1) is 9.37. The Morgan fingerprint density at radius 1 is 1.25 bits per heavy atom. The van der Waals surface area contributed by atoms with Crippen LogP contribution >= 0.6 is 22.6 Å². The van der Waals surface area contributed by atoms with Crippen LogP contribution in [0, 0.1) is 3.57 Å². The summed E-state index contributed by atoms with van der Waals surface area (Å²) in [4.78, 5) is 8.66. The number of rotatable bonds is 7. The number of anilines is 1. The van der Waals surface area contributed by atoms with Crippen molar-refractivity contribution < 1.29 is 17.9 Å². The second kappa shape index (κ2) is 7.96. The number of nitrogens with zero attached hydrogens (tertiary/aromatic N) is 2. The highest BCUT2D eigenvalue weighted by atomic mass is 127. The molecule has 0 radical (unpaired) electrons. The van der Waals surface area contributed by atoms with Crippen LogP contribution in [0.1, 0.15) is 25.4 Å². The number of alkyl halides is 3. The van der Waals surface area contributed by atoms with Crippen molar-refractivity contribution in [3.63, 3.8) is 0 Å². The number of hydrogen-bond donors (Lipinski definition) is 1. The summed E-state index contributed by atoms with van der Waals surface area (Å²) in [5.41, 5.74) is 0.891. The quantitative estimate of drug-likeness (QED) is 0.561. The molecule has 1 aromatic heterocycles. The SMILES string of the molecule is CCNc1nc(CCOCC(F)(F)F)nc(CC)c1I. The zero-order chi connectivity index (χ0) is 15.2. The van der Waals surface area contributed by atoms with Gasteiger partial charge in [0.2, 0.25) is 0 Å². The van der Waals surface area contributed by atoms with Gasteiger partial charge in [0, 0.05) is 13.0 Å². The van der Waals surface area contributed by atoms with Crippen molar-refractivity contribution >= 4 is 28.4 Å². The number of ether oxygens (including phenoxy) is 1. The summed E-state index contributed by atoms with van der Waals surface area (Å²) in [7, 11) is 0. The van der Waals surface area contributed by atoms with Crippen LogP contribution < -0.4 is 5.32 Å². The van der Waals surface area contributed by atoms with Gasteiger partial charge in [-0.15, -0.1) is 0 Å². The van der Waals surface area contributed by atoms with Crippen LogP contribution in [0.4, 0.5) is 19.0 Å². The van der Waals surface area contributed by atoms with Gasteiger partial charge in [-0.25, -0.2) is 9.97 Å². The van der Waals surface area contributed by atoms with Crippen LogP contribution in [0.5, 0.6) is 0 Å². The van der Waals surface area contributed by atoms with Crippen LogP contribution in [-0.2, 0) is 17.6 Å². The van der Waals surface area contributed by atoms with Gasteiger partial charge < -0.3 is 10.1 Å². The van der Waals surface area contributed by atoms with Crippen molar-refractivity contribution in [2.24, 2.45) is 0 Å². The monoisotopic (exact) mass is 403 g/mol. The highest BCUT2D eigenvalue weighted by Crippen LogP contribution is 2.20. The molecule has 0 aliphatic heterocycles. The fourth-order valence-electron chi connectivity index (χ4n) is 1.53. The lowest BCUT2D eigenvalue weighted by molar-refractivity contribution is -0.173. The minimum atomic E-state index is -4.30. The van der Waals surface area contributed by atoms with Gasteiger partial charge in [0.25, 0.3) is 0 Å². The van der Waals surface area contributed by atoms with Crippen molar-refractivity contribution in [1.29, 1.82) is 0 Å². The molecular formula is C12H17F3IN3O. The molecule has 0 amide bonds. The average molecular weight is 403 g/mol. The largest absolute Gasteiger partial charge is 0.411 e. The van der Waals surface area contributed by atoms with E-state index in [1.165, 1.54) is 0 Å². The second-order valence-corrected chi connectivity index (χ2v) is 5.13. The summed E-state index contributed by atoms with van der Waals surface area (Å²) in [5.74, 6) is 1.23. The molecule has 0 unspecified atom stereocenters. The molecule has 0 saturated carbocycles. The molecule has 0 aliphatic carbocycles. The van der Waals surface area contributed by atoms with Crippen LogP contribution in [0.2, 0.25) is 0 Å². The smallest absolute Gasteiger partial charge is 0.372 e. The van der Waals surface area contributed by atoms with Crippen molar-refractivity contribution in [2.45, 2.75) is 32.9 Å². The molecule has 114 valence electrons. The summed E-state index contributed by atoms with van der Waals surface area (Å²) in [6.07, 6.45) is -3.29. The Kier molecular flexibility index (Phi) is 6.93. The maximum Gasteiger partial charge on any atom is 0.411 e. The van der Waals surface area contributed by atoms with Crippen LogP contribution in [-0.4, -0.2) is 35.9 Å². The van der Waals surface area contributed by atoms with Gasteiger partial charge in [-0.1, -0.05) is 6.92 Å². The Labute approximate surface area is 129 Å². The number of nitrogens with one attached hydrogen (secondary N) is 1. The molecule has 0 aromatic carbocycles. The molecule has 0 bridgehead atoms. The second-order valence-electron chi connectivity index (χ2n) is 4.05. The van der Waals surface area contributed by atoms with E-state index in [-0.39, 0.29) is 13.0 Å². The molecule has 0 spiro atoms. The Morgan fingerprint density at radius 3 is 2.50 bits per heavy atom. The number of hydrogen-bond acceptors (Lipinski definition) is 4. The minimum absolute atomic E-state index is 0.0468.